The number of para-hydroxylation sites is 2. The number of thiazole rings is 1. The van der Waals surface area contributed by atoms with Gasteiger partial charge in [0.15, 0.2) is 0 Å². The number of nitrogens with zero attached hydrogens (tertiary/aromatic N) is 3. The number of carbonyl (C=O) groups excluding carboxylic acids is 2. The van der Waals surface area contributed by atoms with E-state index in [-0.39, 0.29) is 18.2 Å². The highest BCUT2D eigenvalue weighted by atomic mass is 32.1. The van der Waals surface area contributed by atoms with Crippen molar-refractivity contribution in [1.29, 1.82) is 0 Å². The zero-order valence-electron chi connectivity index (χ0n) is 14.6. The van der Waals surface area contributed by atoms with Crippen molar-refractivity contribution in [2.45, 2.75) is 19.3 Å². The van der Waals surface area contributed by atoms with E-state index in [0.29, 0.717) is 24.3 Å². The molecular formula is C20H18N4O2S. The maximum absolute atomic E-state index is 12.5. The van der Waals surface area contributed by atoms with Crippen LogP contribution in [0.2, 0.25) is 0 Å². The molecule has 7 heteroatoms. The van der Waals surface area contributed by atoms with E-state index in [0.717, 1.165) is 22.8 Å². The van der Waals surface area contributed by atoms with Gasteiger partial charge in [0.2, 0.25) is 11.8 Å². The Morgan fingerprint density at radius 2 is 2.04 bits per heavy atom. The predicted octanol–water partition coefficient (Wildman–Crippen LogP) is 3.51. The van der Waals surface area contributed by atoms with E-state index >= 15 is 0 Å². The molecule has 1 fully saturated rings. The number of nitrogens with one attached hydrogen (secondary N) is 1. The van der Waals surface area contributed by atoms with Crippen LogP contribution in [-0.2, 0) is 16.0 Å². The molecule has 27 heavy (non-hydrogen) atoms. The van der Waals surface area contributed by atoms with Crippen molar-refractivity contribution < 1.29 is 9.59 Å². The maximum Gasteiger partial charge on any atom is 0.230 e. The number of carbonyl (C=O) groups is 2. The van der Waals surface area contributed by atoms with E-state index in [1.54, 1.807) is 11.1 Å². The van der Waals surface area contributed by atoms with Gasteiger partial charge in [0.1, 0.15) is 5.01 Å². The van der Waals surface area contributed by atoms with E-state index in [1.165, 1.54) is 11.3 Å². The summed E-state index contributed by atoms with van der Waals surface area (Å²) < 4.78 is 0. The molecule has 3 heterocycles. The number of amides is 2. The summed E-state index contributed by atoms with van der Waals surface area (Å²) >= 11 is 1.47. The molecule has 3 aromatic rings. The smallest absolute Gasteiger partial charge is 0.230 e. The third-order valence-corrected chi connectivity index (χ3v) is 5.23. The van der Waals surface area contributed by atoms with Gasteiger partial charge in [-0.05, 0) is 30.7 Å². The fourth-order valence-corrected chi connectivity index (χ4v) is 3.87. The van der Waals surface area contributed by atoms with Crippen LogP contribution in [0.25, 0.3) is 10.7 Å². The largest absolute Gasteiger partial charge is 0.324 e. The van der Waals surface area contributed by atoms with E-state index in [1.807, 2.05) is 47.8 Å². The van der Waals surface area contributed by atoms with E-state index in [4.69, 9.17) is 0 Å². The molecule has 0 radical (unpaired) electrons. The zero-order valence-corrected chi connectivity index (χ0v) is 15.4. The number of pyridine rings is 1. The molecule has 1 aromatic carbocycles. The lowest BCUT2D eigenvalue weighted by Gasteiger charge is -2.19. The molecule has 0 saturated carbocycles. The highest BCUT2D eigenvalue weighted by Gasteiger charge is 2.24. The van der Waals surface area contributed by atoms with E-state index < -0.39 is 0 Å². The van der Waals surface area contributed by atoms with Gasteiger partial charge in [-0.1, -0.05) is 18.2 Å². The van der Waals surface area contributed by atoms with Crippen molar-refractivity contribution in [2.24, 2.45) is 0 Å². The Kier molecular flexibility index (Phi) is 4.93. The van der Waals surface area contributed by atoms with Gasteiger partial charge in [0.25, 0.3) is 0 Å². The first-order valence-electron chi connectivity index (χ1n) is 8.76. The zero-order chi connectivity index (χ0) is 18.6. The van der Waals surface area contributed by atoms with Crippen LogP contribution in [0.4, 0.5) is 11.4 Å². The lowest BCUT2D eigenvalue weighted by Crippen LogP contribution is -2.26. The van der Waals surface area contributed by atoms with Gasteiger partial charge in [0, 0.05) is 24.5 Å². The third-order valence-electron chi connectivity index (χ3n) is 4.32. The summed E-state index contributed by atoms with van der Waals surface area (Å²) in [5.41, 5.74) is 2.90. The standard InChI is InChI=1S/C20H18N4O2S/c25-18(12-14-13-27-20(22-14)16-7-3-4-10-21-16)23-15-6-1-2-8-17(15)24-11-5-9-19(24)26/h1-4,6-8,10,13H,5,9,11-12H2,(H,23,25). The Bertz CT molecular complexity index is 971. The Morgan fingerprint density at radius 3 is 2.81 bits per heavy atom. The maximum atomic E-state index is 12.5. The van der Waals surface area contributed by atoms with E-state index in [9.17, 15) is 9.59 Å². The van der Waals surface area contributed by atoms with Crippen molar-refractivity contribution in [1.82, 2.24) is 9.97 Å². The van der Waals surface area contributed by atoms with Crippen LogP contribution >= 0.6 is 11.3 Å². The molecule has 1 aliphatic heterocycles. The molecule has 0 bridgehead atoms. The predicted molar refractivity (Wildman–Crippen MR) is 106 cm³/mol. The second-order valence-electron chi connectivity index (χ2n) is 6.25. The van der Waals surface area contributed by atoms with Gasteiger partial charge in [-0.3, -0.25) is 14.6 Å². The van der Waals surface area contributed by atoms with Gasteiger partial charge in [-0.15, -0.1) is 11.3 Å². The average molecular weight is 378 g/mol. The van der Waals surface area contributed by atoms with Gasteiger partial charge in [0.05, 0.1) is 29.2 Å². The first-order valence-corrected chi connectivity index (χ1v) is 9.64. The number of rotatable bonds is 5. The second-order valence-corrected chi connectivity index (χ2v) is 7.11. The first-order chi connectivity index (χ1) is 13.2. The lowest BCUT2D eigenvalue weighted by atomic mass is 10.2. The van der Waals surface area contributed by atoms with Gasteiger partial charge >= 0.3 is 0 Å². The number of anilines is 2. The Labute approximate surface area is 160 Å². The molecule has 2 amide bonds. The summed E-state index contributed by atoms with van der Waals surface area (Å²) in [6.45, 7) is 0.686. The Hall–Kier alpha value is -3.06. The van der Waals surface area contributed by atoms with Crippen LogP contribution in [0.5, 0.6) is 0 Å². The van der Waals surface area contributed by atoms with Gasteiger partial charge in [-0.2, -0.15) is 0 Å². The highest BCUT2D eigenvalue weighted by molar-refractivity contribution is 7.13. The van der Waals surface area contributed by atoms with E-state index in [2.05, 4.69) is 15.3 Å². The molecule has 6 nitrogen and oxygen atoms in total. The summed E-state index contributed by atoms with van der Waals surface area (Å²) in [4.78, 5) is 35.1. The monoisotopic (exact) mass is 378 g/mol. The molecular weight excluding hydrogens is 360 g/mol. The molecule has 0 spiro atoms. The summed E-state index contributed by atoms with van der Waals surface area (Å²) in [6, 6.07) is 13.1. The van der Waals surface area contributed by atoms with Crippen LogP contribution < -0.4 is 10.2 Å². The van der Waals surface area contributed by atoms with Crippen LogP contribution in [0.3, 0.4) is 0 Å². The Balaban J connectivity index is 1.46. The highest BCUT2D eigenvalue weighted by Crippen LogP contribution is 2.29. The topological polar surface area (TPSA) is 75.2 Å². The van der Waals surface area contributed by atoms with Gasteiger partial charge in [-0.25, -0.2) is 4.98 Å². The molecule has 1 N–H and O–H groups in total. The summed E-state index contributed by atoms with van der Waals surface area (Å²) in [6.07, 6.45) is 3.29. The summed E-state index contributed by atoms with van der Waals surface area (Å²) in [5, 5.41) is 5.59. The first kappa shape index (κ1) is 17.4. The normalized spacial score (nSPS) is 13.8. The number of hydrogen-bond acceptors (Lipinski definition) is 5. The quantitative estimate of drug-likeness (QED) is 0.737. The molecule has 0 aliphatic carbocycles. The van der Waals surface area contributed by atoms with Crippen LogP contribution in [-0.4, -0.2) is 28.3 Å². The molecule has 2 aromatic heterocycles. The van der Waals surface area contributed by atoms with Crippen molar-refractivity contribution >= 4 is 34.5 Å². The third kappa shape index (κ3) is 3.88. The number of hydrogen-bond donors (Lipinski definition) is 1. The summed E-state index contributed by atoms with van der Waals surface area (Å²) in [7, 11) is 0. The minimum Gasteiger partial charge on any atom is -0.324 e. The molecule has 4 rings (SSSR count). The minimum atomic E-state index is -0.160. The SMILES string of the molecule is O=C(Cc1csc(-c2ccccn2)n1)Nc1ccccc1N1CCCC1=O. The van der Waals surface area contributed by atoms with Crippen LogP contribution in [0.1, 0.15) is 18.5 Å². The molecule has 0 atom stereocenters. The minimum absolute atomic E-state index is 0.0937. The Morgan fingerprint density at radius 1 is 1.19 bits per heavy atom. The van der Waals surface area contributed by atoms with Crippen LogP contribution in [0, 0.1) is 0 Å². The van der Waals surface area contributed by atoms with Crippen molar-refractivity contribution in [3.05, 3.63) is 59.7 Å². The molecule has 1 saturated heterocycles. The van der Waals surface area contributed by atoms with Crippen molar-refractivity contribution in [3.8, 4) is 10.7 Å². The molecule has 1 aliphatic rings. The molecule has 136 valence electrons. The fraction of sp³-hybridized carbons (Fsp3) is 0.200. The van der Waals surface area contributed by atoms with Crippen molar-refractivity contribution in [2.75, 3.05) is 16.8 Å². The van der Waals surface area contributed by atoms with Gasteiger partial charge < -0.3 is 10.2 Å². The number of benzene rings is 1. The summed E-state index contributed by atoms with van der Waals surface area (Å²) in [5.74, 6) is -0.0665. The van der Waals surface area contributed by atoms with Crippen LogP contribution in [0.15, 0.2) is 54.0 Å². The fourth-order valence-electron chi connectivity index (χ4n) is 3.07. The van der Waals surface area contributed by atoms with Crippen molar-refractivity contribution in [3.63, 3.8) is 0 Å². The lowest BCUT2D eigenvalue weighted by molar-refractivity contribution is -0.117. The average Bonchev–Trinajstić information content (AvgIpc) is 3.32. The number of aromatic nitrogens is 2. The second kappa shape index (κ2) is 7.67. The molecule has 0 unspecified atom stereocenters.